The molecule has 1 nitrogen and oxygen atoms in total. The van der Waals surface area contributed by atoms with Crippen molar-refractivity contribution >= 4 is 0 Å². The van der Waals surface area contributed by atoms with Crippen molar-refractivity contribution in [2.24, 2.45) is 40.4 Å². The Morgan fingerprint density at radius 1 is 0.926 bits per heavy atom. The first kappa shape index (κ1) is 18.5. The summed E-state index contributed by atoms with van der Waals surface area (Å²) in [4.78, 5) is 0. The third-order valence-corrected chi connectivity index (χ3v) is 10.1. The van der Waals surface area contributed by atoms with Crippen molar-refractivity contribution in [1.82, 2.24) is 0 Å². The van der Waals surface area contributed by atoms with Crippen molar-refractivity contribution in [2.75, 3.05) is 0 Å². The van der Waals surface area contributed by atoms with E-state index in [1.807, 2.05) is 5.57 Å². The summed E-state index contributed by atoms with van der Waals surface area (Å²) in [6.07, 6.45) is 19.9. The second-order valence-electron chi connectivity index (χ2n) is 11.3. The van der Waals surface area contributed by atoms with Gasteiger partial charge in [-0.3, -0.25) is 0 Å². The highest BCUT2D eigenvalue weighted by Gasteiger charge is 2.58. The van der Waals surface area contributed by atoms with Gasteiger partial charge in [0.25, 0.3) is 0 Å². The molecule has 3 saturated carbocycles. The lowest BCUT2D eigenvalue weighted by atomic mass is 9.45. The summed E-state index contributed by atoms with van der Waals surface area (Å²) < 4.78 is 0. The Hall–Kier alpha value is -0.560. The van der Waals surface area contributed by atoms with Gasteiger partial charge < -0.3 is 5.11 Å². The van der Waals surface area contributed by atoms with E-state index >= 15 is 0 Å². The van der Waals surface area contributed by atoms with E-state index < -0.39 is 0 Å². The molecule has 0 amide bonds. The lowest BCUT2D eigenvalue weighted by Crippen LogP contribution is -2.52. The molecule has 0 aromatic rings. The number of aliphatic hydroxyl groups excluding tert-OH is 1. The Bertz CT molecular complexity index is 653. The third kappa shape index (κ3) is 2.66. The Labute approximate surface area is 166 Å². The summed E-state index contributed by atoms with van der Waals surface area (Å²) in [5.41, 5.74) is 4.34. The number of rotatable bonds is 1. The van der Waals surface area contributed by atoms with Gasteiger partial charge in [-0.25, -0.2) is 0 Å². The molecule has 27 heavy (non-hydrogen) atoms. The fraction of sp³-hybridized carbons (Fsp3) is 0.846. The monoisotopic (exact) mass is 368 g/mol. The molecular formula is C26H40O. The maximum Gasteiger partial charge on any atom is 0.0577 e. The first-order valence-corrected chi connectivity index (χ1v) is 12.0. The van der Waals surface area contributed by atoms with Gasteiger partial charge in [0, 0.05) is 0 Å². The van der Waals surface area contributed by atoms with Crippen molar-refractivity contribution in [1.29, 1.82) is 0 Å². The summed E-state index contributed by atoms with van der Waals surface area (Å²) in [5, 5.41) is 10.3. The van der Waals surface area contributed by atoms with Crippen molar-refractivity contribution < 1.29 is 5.11 Å². The number of hydrogen-bond acceptors (Lipinski definition) is 1. The minimum atomic E-state index is -0.0898. The molecule has 0 saturated heterocycles. The van der Waals surface area contributed by atoms with E-state index in [0.29, 0.717) is 16.7 Å². The normalized spacial score (nSPS) is 50.3. The van der Waals surface area contributed by atoms with Crippen LogP contribution in [0.25, 0.3) is 0 Å². The van der Waals surface area contributed by atoms with Crippen LogP contribution in [0.4, 0.5) is 0 Å². The second kappa shape index (κ2) is 6.48. The summed E-state index contributed by atoms with van der Waals surface area (Å²) in [6, 6.07) is 0. The van der Waals surface area contributed by atoms with Crippen LogP contribution in [0.15, 0.2) is 23.3 Å². The average molecular weight is 369 g/mol. The summed E-state index contributed by atoms with van der Waals surface area (Å²) in [6.45, 7) is 7.71. The highest BCUT2D eigenvalue weighted by atomic mass is 16.3. The van der Waals surface area contributed by atoms with Crippen molar-refractivity contribution in [3.63, 3.8) is 0 Å². The van der Waals surface area contributed by atoms with E-state index in [9.17, 15) is 5.11 Å². The molecule has 0 spiro atoms. The van der Waals surface area contributed by atoms with Gasteiger partial charge in [-0.05, 0) is 91.8 Å². The maximum atomic E-state index is 10.3. The Balaban J connectivity index is 1.46. The molecular weight excluding hydrogens is 328 g/mol. The first-order chi connectivity index (χ1) is 12.9. The van der Waals surface area contributed by atoms with Crippen molar-refractivity contribution in [2.45, 2.75) is 97.5 Å². The topological polar surface area (TPSA) is 20.2 Å². The largest absolute Gasteiger partial charge is 0.393 e. The van der Waals surface area contributed by atoms with Gasteiger partial charge in [-0.1, -0.05) is 63.3 Å². The van der Waals surface area contributed by atoms with Gasteiger partial charge in [0.15, 0.2) is 0 Å². The lowest BCUT2D eigenvalue weighted by Gasteiger charge is -2.60. The van der Waals surface area contributed by atoms with Crippen LogP contribution in [0.1, 0.15) is 91.4 Å². The molecule has 5 aliphatic rings. The van der Waals surface area contributed by atoms with Crippen LogP contribution >= 0.6 is 0 Å². The van der Waals surface area contributed by atoms with Crippen molar-refractivity contribution in [3.8, 4) is 0 Å². The smallest absolute Gasteiger partial charge is 0.0577 e. The van der Waals surface area contributed by atoms with Gasteiger partial charge in [-0.15, -0.1) is 0 Å². The van der Waals surface area contributed by atoms with E-state index in [4.69, 9.17) is 0 Å². The van der Waals surface area contributed by atoms with Gasteiger partial charge in [0.05, 0.1) is 6.10 Å². The quantitative estimate of drug-likeness (QED) is 0.512. The Morgan fingerprint density at radius 3 is 2.44 bits per heavy atom. The average Bonchev–Trinajstić information content (AvgIpc) is 3.01. The van der Waals surface area contributed by atoms with E-state index in [1.54, 1.807) is 5.57 Å². The molecule has 0 heterocycles. The fourth-order valence-corrected chi connectivity index (χ4v) is 8.65. The lowest BCUT2D eigenvalue weighted by molar-refractivity contribution is -0.0504. The van der Waals surface area contributed by atoms with E-state index in [2.05, 4.69) is 32.9 Å². The molecule has 1 heteroatoms. The van der Waals surface area contributed by atoms with Crippen LogP contribution in [0.5, 0.6) is 0 Å². The number of hydrogen-bond donors (Lipinski definition) is 1. The second-order valence-corrected chi connectivity index (χ2v) is 11.3. The van der Waals surface area contributed by atoms with Crippen molar-refractivity contribution in [3.05, 3.63) is 23.3 Å². The SMILES string of the molecule is C[C@H]1C=C2C[C@H](O)CC[C@]2(C)[C@H]2CC[C@]3(C)C(C4CCCCC4)=CC[C@H]3[C@H]12. The molecule has 0 aromatic carbocycles. The molecule has 7 atom stereocenters. The van der Waals surface area contributed by atoms with Crippen LogP contribution in [0.3, 0.4) is 0 Å². The zero-order valence-electron chi connectivity index (χ0n) is 17.8. The minimum Gasteiger partial charge on any atom is -0.393 e. The molecule has 0 unspecified atom stereocenters. The number of allylic oxidation sites excluding steroid dienone is 3. The Morgan fingerprint density at radius 2 is 1.67 bits per heavy atom. The van der Waals surface area contributed by atoms with Gasteiger partial charge in [0.2, 0.25) is 0 Å². The number of aliphatic hydroxyl groups is 1. The van der Waals surface area contributed by atoms with E-state index in [1.165, 1.54) is 57.8 Å². The molecule has 150 valence electrons. The molecule has 0 bridgehead atoms. The molecule has 5 aliphatic carbocycles. The number of fused-ring (bicyclic) bond motifs is 5. The predicted octanol–water partition coefficient (Wildman–Crippen LogP) is 6.67. The Kier molecular flexibility index (Phi) is 4.43. The minimum absolute atomic E-state index is 0.0898. The molecule has 0 aromatic heterocycles. The molecule has 0 aliphatic heterocycles. The van der Waals surface area contributed by atoms with Crippen LogP contribution in [0.2, 0.25) is 0 Å². The van der Waals surface area contributed by atoms with Crippen LogP contribution in [-0.2, 0) is 0 Å². The van der Waals surface area contributed by atoms with Gasteiger partial charge in [-0.2, -0.15) is 0 Å². The summed E-state index contributed by atoms with van der Waals surface area (Å²) in [7, 11) is 0. The maximum absolute atomic E-state index is 10.3. The standard InChI is InChI=1S/C26H40O/c1-17-15-19-16-20(27)11-13-25(19,2)23-12-14-26(3)21(9-10-22(26)24(17)23)18-7-5-4-6-8-18/h9,15,17-18,20,22-24,27H,4-8,10-14,16H2,1-3H3/t17-,20+,22-,23-,24-,25-,26+/m0/s1. The predicted molar refractivity (Wildman–Crippen MR) is 112 cm³/mol. The van der Waals surface area contributed by atoms with Crippen LogP contribution < -0.4 is 0 Å². The highest BCUT2D eigenvalue weighted by molar-refractivity contribution is 5.32. The molecule has 5 rings (SSSR count). The third-order valence-electron chi connectivity index (χ3n) is 10.1. The van der Waals surface area contributed by atoms with E-state index in [-0.39, 0.29) is 6.10 Å². The van der Waals surface area contributed by atoms with Crippen LogP contribution in [0, 0.1) is 40.4 Å². The zero-order chi connectivity index (χ0) is 18.8. The molecule has 0 radical (unpaired) electrons. The first-order valence-electron chi connectivity index (χ1n) is 12.0. The molecule has 3 fully saturated rings. The fourth-order valence-electron chi connectivity index (χ4n) is 8.65. The van der Waals surface area contributed by atoms with Gasteiger partial charge in [0.1, 0.15) is 0 Å². The summed E-state index contributed by atoms with van der Waals surface area (Å²) >= 11 is 0. The molecule has 1 N–H and O–H groups in total. The van der Waals surface area contributed by atoms with Gasteiger partial charge >= 0.3 is 0 Å². The summed E-state index contributed by atoms with van der Waals surface area (Å²) in [5.74, 6) is 4.15. The van der Waals surface area contributed by atoms with Crippen LogP contribution in [-0.4, -0.2) is 11.2 Å². The highest BCUT2D eigenvalue weighted by Crippen LogP contribution is 2.67. The zero-order valence-corrected chi connectivity index (χ0v) is 17.8. The van der Waals surface area contributed by atoms with E-state index in [0.717, 1.165) is 36.5 Å².